The van der Waals surface area contributed by atoms with Crippen LogP contribution in [0.3, 0.4) is 0 Å². The van der Waals surface area contributed by atoms with Crippen LogP contribution in [-0.2, 0) is 20.2 Å². The summed E-state index contributed by atoms with van der Waals surface area (Å²) in [6, 6.07) is 6.62. The number of carbonyl (C=O) groups excluding carboxylic acids is 1. The lowest BCUT2D eigenvalue weighted by molar-refractivity contribution is 0.0995. The monoisotopic (exact) mass is 371 g/mol. The number of hydrogen-bond donors (Lipinski definition) is 2. The van der Waals surface area contributed by atoms with E-state index in [4.69, 9.17) is 10.5 Å². The lowest BCUT2D eigenvalue weighted by Crippen LogP contribution is -2.31. The Morgan fingerprint density at radius 3 is 2.74 bits per heavy atom. The van der Waals surface area contributed by atoms with E-state index in [9.17, 15) is 14.4 Å². The predicted octanol–water partition coefficient (Wildman–Crippen LogP) is 0.901. The van der Waals surface area contributed by atoms with Crippen LogP contribution in [0.25, 0.3) is 11.2 Å². The number of H-pyrrole nitrogens is 1. The van der Waals surface area contributed by atoms with Gasteiger partial charge in [-0.25, -0.2) is 9.78 Å². The molecule has 0 spiro atoms. The third kappa shape index (κ3) is 3.48. The number of aryl methyl sites for hydroxylation is 2. The van der Waals surface area contributed by atoms with Crippen LogP contribution in [0.4, 0.5) is 0 Å². The van der Waals surface area contributed by atoms with Gasteiger partial charge in [-0.15, -0.1) is 0 Å². The molecule has 0 radical (unpaired) electrons. The maximum absolute atomic E-state index is 12.2. The van der Waals surface area contributed by atoms with Crippen LogP contribution in [0.5, 0.6) is 5.75 Å². The van der Waals surface area contributed by atoms with E-state index in [0.29, 0.717) is 29.3 Å². The Kier molecular flexibility index (Phi) is 5.11. The molecule has 0 atom stereocenters. The van der Waals surface area contributed by atoms with Gasteiger partial charge in [0.1, 0.15) is 18.2 Å². The summed E-state index contributed by atoms with van der Waals surface area (Å²) in [6.45, 7) is 2.49. The normalized spacial score (nSPS) is 11.0. The van der Waals surface area contributed by atoms with Gasteiger partial charge in [0.25, 0.3) is 11.5 Å². The second-order valence-corrected chi connectivity index (χ2v) is 6.17. The van der Waals surface area contributed by atoms with Gasteiger partial charge in [0, 0.05) is 13.6 Å². The van der Waals surface area contributed by atoms with Crippen LogP contribution >= 0.6 is 0 Å². The number of imidazole rings is 1. The number of nitrogens with two attached hydrogens (primary N) is 1. The average Bonchev–Trinajstić information content (AvgIpc) is 2.97. The highest BCUT2D eigenvalue weighted by Gasteiger charge is 2.17. The number of ether oxygens (including phenoxy) is 1. The van der Waals surface area contributed by atoms with E-state index in [1.54, 1.807) is 35.9 Å². The van der Waals surface area contributed by atoms with E-state index in [1.165, 1.54) is 4.57 Å². The number of unbranched alkanes of at least 4 members (excludes halogenated alkanes) is 1. The summed E-state index contributed by atoms with van der Waals surface area (Å²) in [5.41, 5.74) is 5.25. The van der Waals surface area contributed by atoms with Crippen LogP contribution in [0.15, 0.2) is 33.9 Å². The fraction of sp³-hybridized carbons (Fsp3) is 0.333. The fourth-order valence-electron chi connectivity index (χ4n) is 2.88. The number of amides is 1. The summed E-state index contributed by atoms with van der Waals surface area (Å²) in [6.07, 6.45) is 1.69. The summed E-state index contributed by atoms with van der Waals surface area (Å²) < 4.78 is 8.75. The van der Waals surface area contributed by atoms with E-state index in [0.717, 1.165) is 12.8 Å². The third-order valence-electron chi connectivity index (χ3n) is 4.35. The van der Waals surface area contributed by atoms with Crippen molar-refractivity contribution in [3.05, 3.63) is 56.5 Å². The van der Waals surface area contributed by atoms with E-state index in [-0.39, 0.29) is 12.2 Å². The van der Waals surface area contributed by atoms with Crippen molar-refractivity contribution in [3.8, 4) is 5.75 Å². The Bertz CT molecular complexity index is 1110. The maximum atomic E-state index is 12.2. The van der Waals surface area contributed by atoms with Crippen molar-refractivity contribution in [2.24, 2.45) is 12.8 Å². The fourth-order valence-corrected chi connectivity index (χ4v) is 2.88. The molecule has 9 nitrogen and oxygen atoms in total. The highest BCUT2D eigenvalue weighted by atomic mass is 16.5. The van der Waals surface area contributed by atoms with Gasteiger partial charge in [-0.05, 0) is 18.6 Å². The van der Waals surface area contributed by atoms with E-state index >= 15 is 0 Å². The van der Waals surface area contributed by atoms with Gasteiger partial charge < -0.3 is 15.0 Å². The van der Waals surface area contributed by atoms with Crippen LogP contribution in [0.2, 0.25) is 0 Å². The Morgan fingerprint density at radius 2 is 2.04 bits per heavy atom. The van der Waals surface area contributed by atoms with Gasteiger partial charge in [-0.2, -0.15) is 0 Å². The molecule has 9 heteroatoms. The van der Waals surface area contributed by atoms with Crippen molar-refractivity contribution >= 4 is 17.1 Å². The molecular formula is C18H21N5O4. The minimum absolute atomic E-state index is 0.0108. The highest BCUT2D eigenvalue weighted by molar-refractivity contribution is 5.95. The number of rotatable bonds is 7. The molecule has 1 aromatic carbocycles. The number of benzene rings is 1. The largest absolute Gasteiger partial charge is 0.485 e. The van der Waals surface area contributed by atoms with Crippen molar-refractivity contribution in [1.82, 2.24) is 19.1 Å². The van der Waals surface area contributed by atoms with Gasteiger partial charge in [0.05, 0.1) is 5.56 Å². The minimum Gasteiger partial charge on any atom is -0.485 e. The second-order valence-electron chi connectivity index (χ2n) is 6.17. The molecule has 0 aliphatic carbocycles. The SMILES string of the molecule is CCCCn1c(=O)[nH]c(=O)c2c1nc(COc1ccccc1C(N)=O)n2C. The number of aromatic nitrogens is 4. The molecule has 2 aromatic heterocycles. The summed E-state index contributed by atoms with van der Waals surface area (Å²) in [4.78, 5) is 42.7. The molecule has 0 aliphatic heterocycles. The lowest BCUT2D eigenvalue weighted by Gasteiger charge is -2.09. The smallest absolute Gasteiger partial charge is 0.330 e. The Hall–Kier alpha value is -3.36. The van der Waals surface area contributed by atoms with Crippen molar-refractivity contribution in [2.45, 2.75) is 32.9 Å². The molecule has 0 saturated carbocycles. The zero-order valence-electron chi connectivity index (χ0n) is 15.2. The number of fused-ring (bicyclic) bond motifs is 1. The topological polar surface area (TPSA) is 125 Å². The average molecular weight is 371 g/mol. The van der Waals surface area contributed by atoms with Crippen LogP contribution in [0.1, 0.15) is 35.9 Å². The zero-order chi connectivity index (χ0) is 19.6. The van der Waals surface area contributed by atoms with Gasteiger partial charge in [0.2, 0.25) is 0 Å². The molecule has 0 saturated heterocycles. The van der Waals surface area contributed by atoms with Gasteiger partial charge in [0.15, 0.2) is 11.2 Å². The van der Waals surface area contributed by atoms with Gasteiger partial charge >= 0.3 is 5.69 Å². The lowest BCUT2D eigenvalue weighted by atomic mass is 10.2. The molecule has 3 aromatic rings. The van der Waals surface area contributed by atoms with Crippen molar-refractivity contribution in [1.29, 1.82) is 0 Å². The zero-order valence-corrected chi connectivity index (χ0v) is 15.2. The van der Waals surface area contributed by atoms with Crippen molar-refractivity contribution in [2.75, 3.05) is 0 Å². The molecule has 2 heterocycles. The van der Waals surface area contributed by atoms with Crippen LogP contribution in [-0.4, -0.2) is 25.0 Å². The molecule has 3 rings (SSSR count). The Labute approximate surface area is 154 Å². The number of primary amides is 1. The maximum Gasteiger partial charge on any atom is 0.330 e. The molecule has 0 fully saturated rings. The number of para-hydroxylation sites is 1. The first-order chi connectivity index (χ1) is 12.9. The molecule has 0 aliphatic rings. The van der Waals surface area contributed by atoms with E-state index < -0.39 is 17.2 Å². The summed E-state index contributed by atoms with van der Waals surface area (Å²) in [5, 5.41) is 0. The van der Waals surface area contributed by atoms with Gasteiger partial charge in [-0.1, -0.05) is 25.5 Å². The van der Waals surface area contributed by atoms with E-state index in [2.05, 4.69) is 9.97 Å². The van der Waals surface area contributed by atoms with E-state index in [1.807, 2.05) is 6.92 Å². The van der Waals surface area contributed by atoms with Crippen LogP contribution in [0, 0.1) is 0 Å². The number of hydrogen-bond acceptors (Lipinski definition) is 5. The first-order valence-electron chi connectivity index (χ1n) is 8.64. The molecule has 0 bridgehead atoms. The molecule has 27 heavy (non-hydrogen) atoms. The predicted molar refractivity (Wildman–Crippen MR) is 99.8 cm³/mol. The molecule has 1 amide bonds. The number of nitrogens with one attached hydrogen (secondary N) is 1. The molecule has 0 unspecified atom stereocenters. The van der Waals surface area contributed by atoms with Gasteiger partial charge in [-0.3, -0.25) is 19.1 Å². The standard InChI is InChI=1S/C18H21N5O4/c1-3-4-9-23-16-14(17(25)21-18(23)26)22(2)13(20-16)10-27-12-8-6-5-7-11(12)15(19)24/h5-8H,3-4,9-10H2,1-2H3,(H2,19,24)(H,21,25,26). The highest BCUT2D eigenvalue weighted by Crippen LogP contribution is 2.19. The second kappa shape index (κ2) is 7.48. The molecular weight excluding hydrogens is 350 g/mol. The first-order valence-corrected chi connectivity index (χ1v) is 8.64. The molecule has 142 valence electrons. The Morgan fingerprint density at radius 1 is 1.30 bits per heavy atom. The summed E-state index contributed by atoms with van der Waals surface area (Å²) in [7, 11) is 1.68. The summed E-state index contributed by atoms with van der Waals surface area (Å²) in [5.74, 6) is 0.181. The number of aromatic amines is 1. The Balaban J connectivity index is 2.00. The van der Waals surface area contributed by atoms with Crippen LogP contribution < -0.4 is 21.7 Å². The molecule has 3 N–H and O–H groups in total. The summed E-state index contributed by atoms with van der Waals surface area (Å²) >= 11 is 0. The quantitative estimate of drug-likeness (QED) is 0.638. The number of carbonyl (C=O) groups is 1. The first kappa shape index (κ1) is 18.4. The third-order valence-corrected chi connectivity index (χ3v) is 4.35. The minimum atomic E-state index is -0.597. The van der Waals surface area contributed by atoms with Crippen molar-refractivity contribution in [3.63, 3.8) is 0 Å². The van der Waals surface area contributed by atoms with Crippen molar-refractivity contribution < 1.29 is 9.53 Å². The number of nitrogens with zero attached hydrogens (tertiary/aromatic N) is 3.